The van der Waals surface area contributed by atoms with Crippen LogP contribution >= 0.6 is 0 Å². The van der Waals surface area contributed by atoms with E-state index >= 15 is 0 Å². The maximum atomic E-state index is 13.1. The lowest BCUT2D eigenvalue weighted by Crippen LogP contribution is -2.37. The highest BCUT2D eigenvalue weighted by atomic mass is 19.2. The Morgan fingerprint density at radius 1 is 1.35 bits per heavy atom. The number of hydrogen-bond donors (Lipinski definition) is 2. The van der Waals surface area contributed by atoms with Crippen molar-refractivity contribution in [2.75, 3.05) is 5.73 Å². The number of anilines is 1. The van der Waals surface area contributed by atoms with Gasteiger partial charge in [-0.3, -0.25) is 4.79 Å². The van der Waals surface area contributed by atoms with Crippen LogP contribution in [0.4, 0.5) is 14.5 Å². The Bertz CT molecular complexity index is 559. The van der Waals surface area contributed by atoms with Gasteiger partial charge in [0, 0.05) is 17.8 Å². The summed E-state index contributed by atoms with van der Waals surface area (Å²) >= 11 is 0. The second kappa shape index (κ2) is 5.44. The monoisotopic (exact) mass is 284 g/mol. The van der Waals surface area contributed by atoms with Crippen LogP contribution in [0.5, 0.6) is 0 Å². The first-order valence-corrected chi connectivity index (χ1v) is 6.14. The highest BCUT2D eigenvalue weighted by Gasteiger charge is 2.28. The van der Waals surface area contributed by atoms with Gasteiger partial charge in [-0.25, -0.2) is 13.6 Å². The first kappa shape index (κ1) is 14.2. The normalized spacial score (nSPS) is 15.6. The number of rotatable bonds is 4. The van der Waals surface area contributed by atoms with E-state index in [1.807, 2.05) is 0 Å². The minimum atomic E-state index is -1.21. The van der Waals surface area contributed by atoms with Crippen molar-refractivity contribution in [2.24, 2.45) is 0 Å². The summed E-state index contributed by atoms with van der Waals surface area (Å²) in [5, 5.41) is 2.66. The summed E-state index contributed by atoms with van der Waals surface area (Å²) in [5.74, 6) is -3.76. The lowest BCUT2D eigenvalue weighted by atomic mass is 10.1. The second-order valence-corrected chi connectivity index (χ2v) is 4.68. The molecule has 1 aromatic carbocycles. The standard InChI is InChI=1S/C13H14F2N2O3/c1-6(12(18)17-7-2-3-7)20-13(19)8-4-9(14)10(15)5-11(8)16/h4-7H,2-3,16H2,1H3,(H,17,18). The van der Waals surface area contributed by atoms with Crippen LogP contribution in [0, 0.1) is 11.6 Å². The molecular formula is C13H14F2N2O3. The van der Waals surface area contributed by atoms with E-state index in [1.54, 1.807) is 0 Å². The molecule has 7 heteroatoms. The van der Waals surface area contributed by atoms with Gasteiger partial charge in [-0.2, -0.15) is 0 Å². The summed E-state index contributed by atoms with van der Waals surface area (Å²) in [5.41, 5.74) is 4.87. The van der Waals surface area contributed by atoms with Crippen LogP contribution in [0.25, 0.3) is 0 Å². The van der Waals surface area contributed by atoms with E-state index in [0.717, 1.165) is 12.8 Å². The van der Waals surface area contributed by atoms with Crippen molar-refractivity contribution in [3.05, 3.63) is 29.3 Å². The van der Waals surface area contributed by atoms with Crippen molar-refractivity contribution in [1.82, 2.24) is 5.32 Å². The Balaban J connectivity index is 2.03. The highest BCUT2D eigenvalue weighted by Crippen LogP contribution is 2.20. The summed E-state index contributed by atoms with van der Waals surface area (Å²) in [6, 6.07) is 1.48. The highest BCUT2D eigenvalue weighted by molar-refractivity contribution is 5.96. The van der Waals surface area contributed by atoms with Crippen LogP contribution in [-0.4, -0.2) is 24.0 Å². The average molecular weight is 284 g/mol. The molecule has 1 amide bonds. The number of carbonyl (C=O) groups excluding carboxylic acids is 2. The molecule has 1 aliphatic carbocycles. The Morgan fingerprint density at radius 3 is 2.55 bits per heavy atom. The molecule has 2 rings (SSSR count). The van der Waals surface area contributed by atoms with Crippen molar-refractivity contribution in [3.63, 3.8) is 0 Å². The van der Waals surface area contributed by atoms with Gasteiger partial charge in [0.2, 0.25) is 0 Å². The largest absolute Gasteiger partial charge is 0.449 e. The smallest absolute Gasteiger partial charge is 0.341 e. The molecule has 0 bridgehead atoms. The fourth-order valence-corrected chi connectivity index (χ4v) is 1.56. The Labute approximate surface area is 114 Å². The topological polar surface area (TPSA) is 81.4 Å². The molecule has 1 aromatic rings. The number of ether oxygens (including phenoxy) is 1. The summed E-state index contributed by atoms with van der Waals surface area (Å²) in [6.07, 6.45) is 0.779. The number of nitrogen functional groups attached to an aromatic ring is 1. The van der Waals surface area contributed by atoms with Gasteiger partial charge in [0.25, 0.3) is 5.91 Å². The third kappa shape index (κ3) is 3.23. The maximum absolute atomic E-state index is 13.1. The summed E-state index contributed by atoms with van der Waals surface area (Å²) < 4.78 is 30.9. The lowest BCUT2D eigenvalue weighted by molar-refractivity contribution is -0.129. The van der Waals surface area contributed by atoms with Gasteiger partial charge in [0.1, 0.15) is 0 Å². The zero-order valence-electron chi connectivity index (χ0n) is 10.8. The molecular weight excluding hydrogens is 270 g/mol. The van der Waals surface area contributed by atoms with E-state index in [4.69, 9.17) is 10.5 Å². The van der Waals surface area contributed by atoms with Gasteiger partial charge in [-0.15, -0.1) is 0 Å². The van der Waals surface area contributed by atoms with Gasteiger partial charge in [0.15, 0.2) is 17.7 Å². The minimum absolute atomic E-state index is 0.136. The first-order valence-electron chi connectivity index (χ1n) is 6.14. The Hall–Kier alpha value is -2.18. The molecule has 1 atom stereocenters. The van der Waals surface area contributed by atoms with Crippen LogP contribution in [-0.2, 0) is 9.53 Å². The number of amides is 1. The molecule has 1 saturated carbocycles. The van der Waals surface area contributed by atoms with Crippen molar-refractivity contribution in [3.8, 4) is 0 Å². The fourth-order valence-electron chi connectivity index (χ4n) is 1.56. The predicted octanol–water partition coefficient (Wildman–Crippen LogP) is 1.37. The molecule has 108 valence electrons. The van der Waals surface area contributed by atoms with Gasteiger partial charge in [-0.1, -0.05) is 0 Å². The molecule has 0 radical (unpaired) electrons. The Kier molecular flexibility index (Phi) is 3.87. The van der Waals surface area contributed by atoms with E-state index in [0.29, 0.717) is 12.1 Å². The number of benzene rings is 1. The van der Waals surface area contributed by atoms with Gasteiger partial charge in [-0.05, 0) is 25.8 Å². The molecule has 0 aromatic heterocycles. The molecule has 0 aliphatic heterocycles. The third-order valence-corrected chi connectivity index (χ3v) is 2.89. The van der Waals surface area contributed by atoms with Crippen molar-refractivity contribution in [2.45, 2.75) is 31.9 Å². The average Bonchev–Trinajstić information content (AvgIpc) is 3.17. The van der Waals surface area contributed by atoms with Crippen LogP contribution in [0.1, 0.15) is 30.1 Å². The quantitative estimate of drug-likeness (QED) is 0.646. The number of esters is 1. The maximum Gasteiger partial charge on any atom is 0.341 e. The minimum Gasteiger partial charge on any atom is -0.449 e. The number of hydrogen-bond acceptors (Lipinski definition) is 4. The summed E-state index contributed by atoms with van der Waals surface area (Å²) in [7, 11) is 0. The lowest BCUT2D eigenvalue weighted by Gasteiger charge is -2.14. The van der Waals surface area contributed by atoms with E-state index in [1.165, 1.54) is 6.92 Å². The van der Waals surface area contributed by atoms with E-state index in [2.05, 4.69) is 5.32 Å². The number of nitrogens with one attached hydrogen (secondary N) is 1. The molecule has 1 aliphatic rings. The van der Waals surface area contributed by atoms with E-state index < -0.39 is 29.6 Å². The summed E-state index contributed by atoms with van der Waals surface area (Å²) in [4.78, 5) is 23.4. The van der Waals surface area contributed by atoms with Crippen LogP contribution in [0.15, 0.2) is 12.1 Å². The predicted molar refractivity (Wildman–Crippen MR) is 66.8 cm³/mol. The molecule has 1 fully saturated rings. The van der Waals surface area contributed by atoms with Gasteiger partial charge >= 0.3 is 5.97 Å². The molecule has 20 heavy (non-hydrogen) atoms. The van der Waals surface area contributed by atoms with Crippen LogP contribution in [0.3, 0.4) is 0 Å². The van der Waals surface area contributed by atoms with Crippen molar-refractivity contribution < 1.29 is 23.1 Å². The molecule has 1 unspecified atom stereocenters. The zero-order chi connectivity index (χ0) is 14.9. The Morgan fingerprint density at radius 2 is 1.95 bits per heavy atom. The zero-order valence-corrected chi connectivity index (χ0v) is 10.8. The molecule has 0 spiro atoms. The van der Waals surface area contributed by atoms with Crippen molar-refractivity contribution >= 4 is 17.6 Å². The van der Waals surface area contributed by atoms with Gasteiger partial charge in [0.05, 0.1) is 5.56 Å². The molecule has 3 N–H and O–H groups in total. The van der Waals surface area contributed by atoms with E-state index in [9.17, 15) is 18.4 Å². The van der Waals surface area contributed by atoms with E-state index in [-0.39, 0.29) is 17.3 Å². The van der Waals surface area contributed by atoms with Crippen LogP contribution < -0.4 is 11.1 Å². The molecule has 5 nitrogen and oxygen atoms in total. The first-order chi connectivity index (χ1) is 9.38. The molecule has 0 saturated heterocycles. The third-order valence-electron chi connectivity index (χ3n) is 2.89. The number of nitrogens with two attached hydrogens (primary N) is 1. The van der Waals surface area contributed by atoms with Crippen molar-refractivity contribution in [1.29, 1.82) is 0 Å². The molecule has 0 heterocycles. The van der Waals surface area contributed by atoms with Crippen LogP contribution in [0.2, 0.25) is 0 Å². The second-order valence-electron chi connectivity index (χ2n) is 4.68. The number of carbonyl (C=O) groups is 2. The summed E-state index contributed by atoms with van der Waals surface area (Å²) in [6.45, 7) is 1.39. The number of halogens is 2. The SMILES string of the molecule is CC(OC(=O)c1cc(F)c(F)cc1N)C(=O)NC1CC1. The fraction of sp³-hybridized carbons (Fsp3) is 0.385. The van der Waals surface area contributed by atoms with Gasteiger partial charge < -0.3 is 15.8 Å².